The molecule has 2 N–H and O–H groups in total. The number of carbonyl (C=O) groups is 2. The Morgan fingerprint density at radius 2 is 1.96 bits per heavy atom. The molecule has 8 nitrogen and oxygen atoms in total. The van der Waals surface area contributed by atoms with Crippen LogP contribution in [0.1, 0.15) is 50.2 Å². The number of anilines is 1. The Balaban J connectivity index is 1.84. The zero-order chi connectivity index (χ0) is 19.1. The van der Waals surface area contributed by atoms with Crippen molar-refractivity contribution < 1.29 is 14.7 Å². The van der Waals surface area contributed by atoms with E-state index in [0.29, 0.717) is 32.0 Å². The van der Waals surface area contributed by atoms with Gasteiger partial charge in [-0.2, -0.15) is 0 Å². The monoisotopic (exact) mass is 361 g/mol. The van der Waals surface area contributed by atoms with Gasteiger partial charge < -0.3 is 20.2 Å². The molecule has 3 heterocycles. The Morgan fingerprint density at radius 3 is 2.58 bits per heavy atom. The molecule has 2 amide bonds. The van der Waals surface area contributed by atoms with Crippen LogP contribution in [0.4, 0.5) is 5.82 Å². The summed E-state index contributed by atoms with van der Waals surface area (Å²) < 4.78 is 0. The Kier molecular flexibility index (Phi) is 4.88. The molecule has 1 aromatic rings. The summed E-state index contributed by atoms with van der Waals surface area (Å²) in [7, 11) is 1.84. The SMILES string of the molecule is CNc1nc([C@@H]2CCN(C(=O)C(C)(C)O)C2)nc2c1CCN(C(C)=O)C2. The standard InChI is InChI=1S/C18H27N5O3/c1-11(24)22-8-6-13-14(10-22)20-15(21-16(13)19-4)12-5-7-23(9-12)17(25)18(2,3)26/h12,26H,5-10H2,1-4H3,(H,19,20,21)/t12-/m1/s1. The lowest BCUT2D eigenvalue weighted by Crippen LogP contribution is -2.44. The molecule has 1 fully saturated rings. The average molecular weight is 361 g/mol. The predicted octanol–water partition coefficient (Wildman–Crippen LogP) is 0.510. The van der Waals surface area contributed by atoms with E-state index in [4.69, 9.17) is 4.98 Å². The number of carbonyl (C=O) groups excluding carboxylic acids is 2. The predicted molar refractivity (Wildman–Crippen MR) is 96.6 cm³/mol. The third-order valence-electron chi connectivity index (χ3n) is 5.13. The maximum Gasteiger partial charge on any atom is 0.253 e. The van der Waals surface area contributed by atoms with Gasteiger partial charge in [0, 0.05) is 45.1 Å². The van der Waals surface area contributed by atoms with Gasteiger partial charge in [0.2, 0.25) is 5.91 Å². The van der Waals surface area contributed by atoms with E-state index in [2.05, 4.69) is 10.3 Å². The molecule has 0 spiro atoms. The number of fused-ring (bicyclic) bond motifs is 1. The summed E-state index contributed by atoms with van der Waals surface area (Å²) in [6.45, 7) is 6.85. The summed E-state index contributed by atoms with van der Waals surface area (Å²) >= 11 is 0. The zero-order valence-corrected chi connectivity index (χ0v) is 15.9. The molecule has 1 atom stereocenters. The van der Waals surface area contributed by atoms with Crippen molar-refractivity contribution in [1.29, 1.82) is 0 Å². The maximum absolute atomic E-state index is 12.3. The quantitative estimate of drug-likeness (QED) is 0.814. The maximum atomic E-state index is 12.3. The van der Waals surface area contributed by atoms with Crippen molar-refractivity contribution in [2.75, 3.05) is 32.0 Å². The van der Waals surface area contributed by atoms with E-state index in [1.54, 1.807) is 16.7 Å². The number of nitrogens with one attached hydrogen (secondary N) is 1. The van der Waals surface area contributed by atoms with E-state index >= 15 is 0 Å². The lowest BCUT2D eigenvalue weighted by molar-refractivity contribution is -0.146. The van der Waals surface area contributed by atoms with Crippen LogP contribution in [0.25, 0.3) is 0 Å². The summed E-state index contributed by atoms with van der Waals surface area (Å²) in [5, 5.41) is 13.1. The molecule has 1 saturated heterocycles. The Morgan fingerprint density at radius 1 is 1.23 bits per heavy atom. The number of hydrogen-bond acceptors (Lipinski definition) is 6. The van der Waals surface area contributed by atoms with Gasteiger partial charge in [0.15, 0.2) is 0 Å². The first-order valence-electron chi connectivity index (χ1n) is 9.05. The highest BCUT2D eigenvalue weighted by Gasteiger charge is 2.36. The fraction of sp³-hybridized carbons (Fsp3) is 0.667. The van der Waals surface area contributed by atoms with Crippen LogP contribution in [0.3, 0.4) is 0 Å². The van der Waals surface area contributed by atoms with Gasteiger partial charge in [0.1, 0.15) is 17.2 Å². The number of amides is 2. The van der Waals surface area contributed by atoms with E-state index in [1.807, 2.05) is 7.05 Å². The van der Waals surface area contributed by atoms with Crippen LogP contribution in [-0.2, 0) is 22.6 Å². The van der Waals surface area contributed by atoms with E-state index < -0.39 is 5.60 Å². The summed E-state index contributed by atoms with van der Waals surface area (Å²) in [6.07, 6.45) is 1.50. The highest BCUT2D eigenvalue weighted by atomic mass is 16.3. The lowest BCUT2D eigenvalue weighted by Gasteiger charge is -2.29. The van der Waals surface area contributed by atoms with E-state index in [-0.39, 0.29) is 17.7 Å². The van der Waals surface area contributed by atoms with Crippen LogP contribution in [0.15, 0.2) is 0 Å². The summed E-state index contributed by atoms with van der Waals surface area (Å²) in [4.78, 5) is 36.9. The third kappa shape index (κ3) is 3.51. The van der Waals surface area contributed by atoms with Crippen molar-refractivity contribution in [3.05, 3.63) is 17.1 Å². The Hall–Kier alpha value is -2.22. The molecule has 0 unspecified atom stereocenters. The number of hydrogen-bond donors (Lipinski definition) is 2. The highest BCUT2D eigenvalue weighted by molar-refractivity contribution is 5.84. The molecule has 8 heteroatoms. The van der Waals surface area contributed by atoms with Crippen molar-refractivity contribution in [2.24, 2.45) is 0 Å². The molecule has 0 saturated carbocycles. The molecule has 26 heavy (non-hydrogen) atoms. The molecule has 0 aromatic carbocycles. The van der Waals surface area contributed by atoms with Crippen LogP contribution in [0.5, 0.6) is 0 Å². The highest BCUT2D eigenvalue weighted by Crippen LogP contribution is 2.30. The molecule has 0 radical (unpaired) electrons. The number of rotatable bonds is 3. The molecule has 3 rings (SSSR count). The number of aromatic nitrogens is 2. The van der Waals surface area contributed by atoms with Gasteiger partial charge >= 0.3 is 0 Å². The van der Waals surface area contributed by atoms with Crippen LogP contribution in [-0.4, -0.2) is 69.0 Å². The van der Waals surface area contributed by atoms with Crippen LogP contribution >= 0.6 is 0 Å². The van der Waals surface area contributed by atoms with Crippen LogP contribution in [0, 0.1) is 0 Å². The zero-order valence-electron chi connectivity index (χ0n) is 15.9. The second-order valence-corrected chi connectivity index (χ2v) is 7.59. The largest absolute Gasteiger partial charge is 0.381 e. The van der Waals surface area contributed by atoms with Crippen molar-refractivity contribution >= 4 is 17.6 Å². The normalized spacial score (nSPS) is 20.1. The van der Waals surface area contributed by atoms with Gasteiger partial charge in [-0.25, -0.2) is 9.97 Å². The molecule has 1 aromatic heterocycles. The molecule has 0 bridgehead atoms. The summed E-state index contributed by atoms with van der Waals surface area (Å²) in [6, 6.07) is 0. The molecular formula is C18H27N5O3. The van der Waals surface area contributed by atoms with Gasteiger partial charge in [-0.1, -0.05) is 0 Å². The average Bonchev–Trinajstić information content (AvgIpc) is 3.08. The van der Waals surface area contributed by atoms with Crippen LogP contribution in [0.2, 0.25) is 0 Å². The van der Waals surface area contributed by atoms with E-state index in [1.165, 1.54) is 13.8 Å². The first-order chi connectivity index (χ1) is 12.2. The minimum absolute atomic E-state index is 0.0337. The number of nitrogens with zero attached hydrogens (tertiary/aromatic N) is 4. The second kappa shape index (κ2) is 6.83. The van der Waals surface area contributed by atoms with Crippen LogP contribution < -0.4 is 5.32 Å². The fourth-order valence-electron chi connectivity index (χ4n) is 3.65. The first-order valence-corrected chi connectivity index (χ1v) is 9.05. The number of aliphatic hydroxyl groups is 1. The van der Waals surface area contributed by atoms with Crippen molar-refractivity contribution in [2.45, 2.75) is 51.7 Å². The topological polar surface area (TPSA) is 98.7 Å². The third-order valence-corrected chi connectivity index (χ3v) is 5.13. The van der Waals surface area contributed by atoms with Gasteiger partial charge in [-0.3, -0.25) is 9.59 Å². The van der Waals surface area contributed by atoms with Gasteiger partial charge in [0.05, 0.1) is 12.2 Å². The van der Waals surface area contributed by atoms with Crippen molar-refractivity contribution in [1.82, 2.24) is 19.8 Å². The molecule has 2 aliphatic heterocycles. The Labute approximate surface area is 153 Å². The molecule has 2 aliphatic rings. The Bertz CT molecular complexity index is 728. The fourth-order valence-corrected chi connectivity index (χ4v) is 3.65. The minimum atomic E-state index is -1.37. The summed E-state index contributed by atoms with van der Waals surface area (Å²) in [5.41, 5.74) is 0.577. The van der Waals surface area contributed by atoms with Gasteiger partial charge in [0.25, 0.3) is 5.91 Å². The van der Waals surface area contributed by atoms with Crippen molar-refractivity contribution in [3.8, 4) is 0 Å². The molecular weight excluding hydrogens is 334 g/mol. The van der Waals surface area contributed by atoms with Gasteiger partial charge in [-0.05, 0) is 26.7 Å². The minimum Gasteiger partial charge on any atom is -0.381 e. The number of likely N-dealkylation sites (tertiary alicyclic amines) is 1. The van der Waals surface area contributed by atoms with E-state index in [9.17, 15) is 14.7 Å². The second-order valence-electron chi connectivity index (χ2n) is 7.59. The summed E-state index contributed by atoms with van der Waals surface area (Å²) in [5.74, 6) is 1.32. The first kappa shape index (κ1) is 18.6. The smallest absolute Gasteiger partial charge is 0.253 e. The van der Waals surface area contributed by atoms with Gasteiger partial charge in [-0.15, -0.1) is 0 Å². The molecule has 142 valence electrons. The van der Waals surface area contributed by atoms with E-state index in [0.717, 1.165) is 29.9 Å². The lowest BCUT2D eigenvalue weighted by atomic mass is 10.0. The van der Waals surface area contributed by atoms with Crippen molar-refractivity contribution in [3.63, 3.8) is 0 Å². The molecule has 0 aliphatic carbocycles.